The zero-order chi connectivity index (χ0) is 14.0. The fourth-order valence-corrected chi connectivity index (χ4v) is 3.59. The Hall–Kier alpha value is -0.210. The second kappa shape index (κ2) is 6.05. The standard InChI is InChI=1S/C16H23BrClN/c1-16(2)8-6-14(7-9-16)19(3)15-10-13(18)5-4-12(15)11-17/h4-5,10,14H,6-9,11H2,1-3H3. The Bertz CT molecular complexity index is 434. The molecule has 0 amide bonds. The lowest BCUT2D eigenvalue weighted by atomic mass is 9.75. The molecule has 19 heavy (non-hydrogen) atoms. The average molecular weight is 345 g/mol. The summed E-state index contributed by atoms with van der Waals surface area (Å²) in [6, 6.07) is 6.83. The summed E-state index contributed by atoms with van der Waals surface area (Å²) in [4.78, 5) is 2.43. The van der Waals surface area contributed by atoms with Crippen molar-refractivity contribution in [3.8, 4) is 0 Å². The highest BCUT2D eigenvalue weighted by atomic mass is 79.9. The fourth-order valence-electron chi connectivity index (χ4n) is 2.95. The van der Waals surface area contributed by atoms with Gasteiger partial charge in [-0.15, -0.1) is 0 Å². The van der Waals surface area contributed by atoms with Crippen molar-refractivity contribution in [2.45, 2.75) is 50.9 Å². The maximum absolute atomic E-state index is 6.16. The lowest BCUT2D eigenvalue weighted by Gasteiger charge is -2.40. The molecule has 1 saturated carbocycles. The van der Waals surface area contributed by atoms with Gasteiger partial charge in [0.2, 0.25) is 0 Å². The first-order chi connectivity index (χ1) is 8.93. The van der Waals surface area contributed by atoms with Crippen LogP contribution in [0.3, 0.4) is 0 Å². The summed E-state index contributed by atoms with van der Waals surface area (Å²) >= 11 is 9.73. The topological polar surface area (TPSA) is 3.24 Å². The lowest BCUT2D eigenvalue weighted by Crippen LogP contribution is -2.37. The van der Waals surface area contributed by atoms with Gasteiger partial charge in [-0.05, 0) is 48.8 Å². The molecule has 2 rings (SSSR count). The number of halogens is 2. The SMILES string of the molecule is CN(c1cc(Cl)ccc1CBr)C1CCC(C)(C)CC1. The predicted octanol–water partition coefficient (Wildman–Crippen LogP) is 5.64. The van der Waals surface area contributed by atoms with Gasteiger partial charge in [0.25, 0.3) is 0 Å². The molecule has 1 aromatic rings. The molecule has 106 valence electrons. The predicted molar refractivity (Wildman–Crippen MR) is 88.5 cm³/mol. The highest BCUT2D eigenvalue weighted by Crippen LogP contribution is 2.38. The Kier molecular flexibility index (Phi) is 4.84. The van der Waals surface area contributed by atoms with E-state index in [9.17, 15) is 0 Å². The van der Waals surface area contributed by atoms with Gasteiger partial charge in [-0.1, -0.05) is 47.4 Å². The van der Waals surface area contributed by atoms with Crippen molar-refractivity contribution >= 4 is 33.2 Å². The van der Waals surface area contributed by atoms with Gasteiger partial charge in [0.15, 0.2) is 0 Å². The largest absolute Gasteiger partial charge is 0.371 e. The molecule has 0 radical (unpaired) electrons. The number of nitrogens with zero attached hydrogens (tertiary/aromatic N) is 1. The average Bonchev–Trinajstić information content (AvgIpc) is 2.38. The van der Waals surface area contributed by atoms with E-state index in [1.807, 2.05) is 6.07 Å². The van der Waals surface area contributed by atoms with Gasteiger partial charge in [0.05, 0.1) is 0 Å². The van der Waals surface area contributed by atoms with Gasteiger partial charge >= 0.3 is 0 Å². The number of anilines is 1. The van der Waals surface area contributed by atoms with Crippen molar-refractivity contribution in [1.29, 1.82) is 0 Å². The Morgan fingerprint density at radius 1 is 1.32 bits per heavy atom. The molecule has 1 nitrogen and oxygen atoms in total. The second-order valence-electron chi connectivity index (χ2n) is 6.41. The molecule has 0 aliphatic heterocycles. The van der Waals surface area contributed by atoms with E-state index in [1.165, 1.54) is 36.9 Å². The van der Waals surface area contributed by atoms with Crippen LogP contribution in [0.2, 0.25) is 5.02 Å². The molecule has 0 spiro atoms. The molecule has 0 saturated heterocycles. The van der Waals surface area contributed by atoms with Crippen LogP contribution < -0.4 is 4.90 Å². The molecule has 3 heteroatoms. The molecule has 0 atom stereocenters. The summed E-state index contributed by atoms with van der Waals surface area (Å²) < 4.78 is 0. The number of hydrogen-bond acceptors (Lipinski definition) is 1. The van der Waals surface area contributed by atoms with E-state index in [4.69, 9.17) is 11.6 Å². The van der Waals surface area contributed by atoms with E-state index >= 15 is 0 Å². The lowest BCUT2D eigenvalue weighted by molar-refractivity contribution is 0.222. The van der Waals surface area contributed by atoms with Gasteiger partial charge in [0, 0.05) is 29.1 Å². The summed E-state index contributed by atoms with van der Waals surface area (Å²) in [7, 11) is 2.21. The Morgan fingerprint density at radius 2 is 1.95 bits per heavy atom. The van der Waals surface area contributed by atoms with Crippen LogP contribution in [0.5, 0.6) is 0 Å². The van der Waals surface area contributed by atoms with Crippen molar-refractivity contribution in [2.24, 2.45) is 5.41 Å². The molecule has 1 fully saturated rings. The highest BCUT2D eigenvalue weighted by Gasteiger charge is 2.29. The minimum Gasteiger partial charge on any atom is -0.371 e. The van der Waals surface area contributed by atoms with Crippen molar-refractivity contribution < 1.29 is 0 Å². The van der Waals surface area contributed by atoms with Crippen LogP contribution in [0.4, 0.5) is 5.69 Å². The smallest absolute Gasteiger partial charge is 0.0426 e. The molecule has 0 bridgehead atoms. The zero-order valence-electron chi connectivity index (χ0n) is 12.0. The Morgan fingerprint density at radius 3 is 2.53 bits per heavy atom. The van der Waals surface area contributed by atoms with Crippen molar-refractivity contribution in [1.82, 2.24) is 0 Å². The molecule has 0 aromatic heterocycles. The third kappa shape index (κ3) is 3.66. The molecule has 0 unspecified atom stereocenters. The van der Waals surface area contributed by atoms with E-state index in [2.05, 4.69) is 53.9 Å². The van der Waals surface area contributed by atoms with Gasteiger partial charge in [-0.3, -0.25) is 0 Å². The normalized spacial score (nSPS) is 19.4. The van der Waals surface area contributed by atoms with Crippen LogP contribution >= 0.6 is 27.5 Å². The number of hydrogen-bond donors (Lipinski definition) is 0. The zero-order valence-corrected chi connectivity index (χ0v) is 14.4. The van der Waals surface area contributed by atoms with Crippen molar-refractivity contribution in [3.63, 3.8) is 0 Å². The van der Waals surface area contributed by atoms with E-state index in [1.54, 1.807) is 0 Å². The number of alkyl halides is 1. The van der Waals surface area contributed by atoms with Crippen molar-refractivity contribution in [2.75, 3.05) is 11.9 Å². The first-order valence-corrected chi connectivity index (χ1v) is 8.50. The molecular formula is C16H23BrClN. The molecule has 0 heterocycles. The van der Waals surface area contributed by atoms with Crippen LogP contribution in [0.25, 0.3) is 0 Å². The maximum Gasteiger partial charge on any atom is 0.0426 e. The molecule has 1 aliphatic rings. The van der Waals surface area contributed by atoms with Crippen LogP contribution in [0.1, 0.15) is 45.1 Å². The summed E-state index contributed by atoms with van der Waals surface area (Å²) in [6.45, 7) is 4.76. The van der Waals surface area contributed by atoms with Crippen LogP contribution in [0, 0.1) is 5.41 Å². The minimum atomic E-state index is 0.518. The summed E-state index contributed by atoms with van der Waals surface area (Å²) in [5, 5.41) is 1.70. The Balaban J connectivity index is 2.16. The van der Waals surface area contributed by atoms with E-state index < -0.39 is 0 Å². The van der Waals surface area contributed by atoms with Gasteiger partial charge in [-0.25, -0.2) is 0 Å². The van der Waals surface area contributed by atoms with E-state index in [0.29, 0.717) is 11.5 Å². The summed E-state index contributed by atoms with van der Waals surface area (Å²) in [5.41, 5.74) is 3.11. The molecular weight excluding hydrogens is 322 g/mol. The van der Waals surface area contributed by atoms with E-state index in [0.717, 1.165) is 10.4 Å². The van der Waals surface area contributed by atoms with Crippen LogP contribution in [0.15, 0.2) is 18.2 Å². The minimum absolute atomic E-state index is 0.518. The van der Waals surface area contributed by atoms with Gasteiger partial charge < -0.3 is 4.90 Å². The maximum atomic E-state index is 6.16. The van der Waals surface area contributed by atoms with Gasteiger partial charge in [-0.2, -0.15) is 0 Å². The van der Waals surface area contributed by atoms with Gasteiger partial charge in [0.1, 0.15) is 0 Å². The van der Waals surface area contributed by atoms with E-state index in [-0.39, 0.29) is 0 Å². The summed E-state index contributed by atoms with van der Waals surface area (Å²) in [6.07, 6.45) is 5.17. The highest BCUT2D eigenvalue weighted by molar-refractivity contribution is 9.08. The monoisotopic (exact) mass is 343 g/mol. The Labute approximate surface area is 130 Å². The third-order valence-corrected chi connectivity index (χ3v) is 5.27. The number of rotatable bonds is 3. The first kappa shape index (κ1) is 15.2. The third-order valence-electron chi connectivity index (χ3n) is 4.43. The number of benzene rings is 1. The molecule has 1 aliphatic carbocycles. The molecule has 0 N–H and O–H groups in total. The van der Waals surface area contributed by atoms with Crippen LogP contribution in [-0.4, -0.2) is 13.1 Å². The molecule has 1 aromatic carbocycles. The first-order valence-electron chi connectivity index (χ1n) is 7.00. The summed E-state index contributed by atoms with van der Waals surface area (Å²) in [5.74, 6) is 0. The second-order valence-corrected chi connectivity index (χ2v) is 7.41. The van der Waals surface area contributed by atoms with Crippen molar-refractivity contribution in [3.05, 3.63) is 28.8 Å². The fraction of sp³-hybridized carbons (Fsp3) is 0.625. The van der Waals surface area contributed by atoms with Crippen LogP contribution in [-0.2, 0) is 5.33 Å². The quantitative estimate of drug-likeness (QED) is 0.641.